The van der Waals surface area contributed by atoms with Gasteiger partial charge in [-0.2, -0.15) is 0 Å². The van der Waals surface area contributed by atoms with Crippen LogP contribution in [0.5, 0.6) is 0 Å². The third-order valence-electron chi connectivity index (χ3n) is 5.46. The normalized spacial score (nSPS) is 14.3. The number of anilines is 2. The number of thiocarbonyl (C=S) groups is 1. The van der Waals surface area contributed by atoms with E-state index >= 15 is 0 Å². The highest BCUT2D eigenvalue weighted by atomic mass is 79.9. The summed E-state index contributed by atoms with van der Waals surface area (Å²) < 4.78 is 6.67. The average molecular weight is 498 g/mol. The van der Waals surface area contributed by atoms with E-state index in [1.807, 2.05) is 36.4 Å². The van der Waals surface area contributed by atoms with E-state index in [9.17, 15) is 4.79 Å². The Morgan fingerprint density at radius 1 is 1.03 bits per heavy atom. The largest absolute Gasteiger partial charge is 0.451 e. The number of carbonyl (C=O) groups excluding carboxylic acids is 1. The van der Waals surface area contributed by atoms with Gasteiger partial charge < -0.3 is 14.6 Å². The molecule has 1 amide bonds. The summed E-state index contributed by atoms with van der Waals surface area (Å²) in [6.07, 6.45) is 2.46. The van der Waals surface area contributed by atoms with Gasteiger partial charge in [-0.1, -0.05) is 35.0 Å². The molecule has 0 atom stereocenters. The fourth-order valence-electron chi connectivity index (χ4n) is 3.58. The van der Waals surface area contributed by atoms with Gasteiger partial charge in [-0.3, -0.25) is 10.1 Å². The number of benzene rings is 2. The standard InChI is InChI=1S/C24H24BrN3O2S/c1-16-12-14-28(15-13-16)20-8-6-19(7-9-20)26-24(31)27-23(29)22-11-10-21(30-22)17-2-4-18(25)5-3-17/h2-11,16H,12-15H2,1H3,(H2,26,27,29,31). The summed E-state index contributed by atoms with van der Waals surface area (Å²) in [7, 11) is 0. The van der Waals surface area contributed by atoms with Crippen LogP contribution >= 0.6 is 28.1 Å². The van der Waals surface area contributed by atoms with Crippen LogP contribution < -0.4 is 15.5 Å². The van der Waals surface area contributed by atoms with Gasteiger partial charge >= 0.3 is 0 Å². The number of nitrogens with one attached hydrogen (secondary N) is 2. The second kappa shape index (κ2) is 9.66. The molecule has 1 aliphatic heterocycles. The lowest BCUT2D eigenvalue weighted by Crippen LogP contribution is -2.34. The van der Waals surface area contributed by atoms with Crippen molar-refractivity contribution in [1.82, 2.24) is 5.32 Å². The molecule has 0 unspecified atom stereocenters. The van der Waals surface area contributed by atoms with Gasteiger partial charge in [0.1, 0.15) is 5.76 Å². The molecule has 31 heavy (non-hydrogen) atoms. The quantitative estimate of drug-likeness (QED) is 0.428. The minimum atomic E-state index is -0.389. The van der Waals surface area contributed by atoms with Crippen molar-refractivity contribution in [2.45, 2.75) is 19.8 Å². The second-order valence-electron chi connectivity index (χ2n) is 7.80. The van der Waals surface area contributed by atoms with Crippen molar-refractivity contribution < 1.29 is 9.21 Å². The number of piperidine rings is 1. The maximum absolute atomic E-state index is 12.5. The van der Waals surface area contributed by atoms with E-state index in [2.05, 4.69) is 50.5 Å². The van der Waals surface area contributed by atoms with Crippen molar-refractivity contribution in [1.29, 1.82) is 0 Å². The average Bonchev–Trinajstić information content (AvgIpc) is 3.26. The Balaban J connectivity index is 1.32. The van der Waals surface area contributed by atoms with Crippen LogP contribution in [0.1, 0.15) is 30.3 Å². The number of amides is 1. The van der Waals surface area contributed by atoms with Gasteiger partial charge in [0.25, 0.3) is 5.91 Å². The molecule has 0 aliphatic carbocycles. The van der Waals surface area contributed by atoms with E-state index in [0.29, 0.717) is 5.76 Å². The summed E-state index contributed by atoms with van der Waals surface area (Å²) in [5, 5.41) is 5.96. The monoisotopic (exact) mass is 497 g/mol. The second-order valence-corrected chi connectivity index (χ2v) is 9.12. The lowest BCUT2D eigenvalue weighted by Gasteiger charge is -2.32. The van der Waals surface area contributed by atoms with E-state index in [1.54, 1.807) is 12.1 Å². The minimum Gasteiger partial charge on any atom is -0.451 e. The minimum absolute atomic E-state index is 0.205. The summed E-state index contributed by atoms with van der Waals surface area (Å²) in [6, 6.07) is 19.2. The van der Waals surface area contributed by atoms with Crippen LogP contribution in [-0.4, -0.2) is 24.1 Å². The van der Waals surface area contributed by atoms with Crippen LogP contribution in [0.4, 0.5) is 11.4 Å². The van der Waals surface area contributed by atoms with Gasteiger partial charge in [0.15, 0.2) is 10.9 Å². The summed E-state index contributed by atoms with van der Waals surface area (Å²) in [6.45, 7) is 4.49. The highest BCUT2D eigenvalue weighted by Crippen LogP contribution is 2.25. The first-order valence-electron chi connectivity index (χ1n) is 10.3. The summed E-state index contributed by atoms with van der Waals surface area (Å²) >= 11 is 8.71. The molecule has 0 saturated carbocycles. The number of halogens is 1. The first-order valence-corrected chi connectivity index (χ1v) is 11.5. The number of hydrogen-bond acceptors (Lipinski definition) is 4. The molecule has 3 aromatic rings. The lowest BCUT2D eigenvalue weighted by molar-refractivity contribution is 0.0951. The zero-order valence-electron chi connectivity index (χ0n) is 17.2. The first kappa shape index (κ1) is 21.6. The van der Waals surface area contributed by atoms with Crippen molar-refractivity contribution >= 4 is 50.5 Å². The van der Waals surface area contributed by atoms with Crippen LogP contribution in [0, 0.1) is 5.92 Å². The smallest absolute Gasteiger partial charge is 0.293 e. The number of rotatable bonds is 4. The number of hydrogen-bond donors (Lipinski definition) is 2. The SMILES string of the molecule is CC1CCN(c2ccc(NC(=S)NC(=O)c3ccc(-c4ccc(Br)cc4)o3)cc2)CC1. The molecule has 0 radical (unpaired) electrons. The molecule has 0 spiro atoms. The molecule has 1 aromatic heterocycles. The zero-order valence-corrected chi connectivity index (χ0v) is 19.6. The van der Waals surface area contributed by atoms with Crippen molar-refractivity contribution in [3.05, 3.63) is 70.9 Å². The van der Waals surface area contributed by atoms with Crippen LogP contribution in [0.2, 0.25) is 0 Å². The van der Waals surface area contributed by atoms with Crippen LogP contribution in [0.15, 0.2) is 69.6 Å². The third kappa shape index (κ3) is 5.54. The fourth-order valence-corrected chi connectivity index (χ4v) is 4.05. The molecule has 0 bridgehead atoms. The predicted octanol–water partition coefficient (Wildman–Crippen LogP) is 6.07. The van der Waals surface area contributed by atoms with Crippen LogP contribution in [0.25, 0.3) is 11.3 Å². The molecule has 5 nitrogen and oxygen atoms in total. The van der Waals surface area contributed by atoms with Gasteiger partial charge in [-0.25, -0.2) is 0 Å². The van der Waals surface area contributed by atoms with Crippen molar-refractivity contribution in [3.63, 3.8) is 0 Å². The number of furan rings is 1. The van der Waals surface area contributed by atoms with Gasteiger partial charge in [0, 0.05) is 34.5 Å². The fraction of sp³-hybridized carbons (Fsp3) is 0.250. The maximum Gasteiger partial charge on any atom is 0.293 e. The van der Waals surface area contributed by atoms with Gasteiger partial charge in [-0.05, 0) is 79.5 Å². The highest BCUT2D eigenvalue weighted by molar-refractivity contribution is 9.10. The Hall–Kier alpha value is -2.64. The first-order chi connectivity index (χ1) is 15.0. The van der Waals surface area contributed by atoms with E-state index in [-0.39, 0.29) is 16.8 Å². The molecule has 2 aromatic carbocycles. The molecule has 1 fully saturated rings. The third-order valence-corrected chi connectivity index (χ3v) is 6.19. The number of carbonyl (C=O) groups is 1. The van der Waals surface area contributed by atoms with Crippen molar-refractivity contribution in [2.75, 3.05) is 23.3 Å². The molecule has 2 heterocycles. The Bertz CT molecular complexity index is 1060. The Labute approximate surface area is 196 Å². The van der Waals surface area contributed by atoms with Crippen molar-refractivity contribution in [3.8, 4) is 11.3 Å². The van der Waals surface area contributed by atoms with Gasteiger partial charge in [0.2, 0.25) is 0 Å². The Morgan fingerprint density at radius 3 is 2.39 bits per heavy atom. The summed E-state index contributed by atoms with van der Waals surface area (Å²) in [5.74, 6) is 1.24. The van der Waals surface area contributed by atoms with E-state index < -0.39 is 0 Å². The number of nitrogens with zero attached hydrogens (tertiary/aromatic N) is 1. The summed E-state index contributed by atoms with van der Waals surface area (Å²) in [4.78, 5) is 14.9. The molecule has 1 aliphatic rings. The van der Waals surface area contributed by atoms with E-state index in [1.165, 1.54) is 18.5 Å². The van der Waals surface area contributed by atoms with E-state index in [0.717, 1.165) is 34.7 Å². The molecular formula is C24H24BrN3O2S. The Morgan fingerprint density at radius 2 is 1.71 bits per heavy atom. The van der Waals surface area contributed by atoms with Gasteiger partial charge in [-0.15, -0.1) is 0 Å². The molecule has 4 rings (SSSR count). The lowest BCUT2D eigenvalue weighted by atomic mass is 9.99. The maximum atomic E-state index is 12.5. The molecule has 1 saturated heterocycles. The Kier molecular flexibility index (Phi) is 6.73. The molecule has 2 N–H and O–H groups in total. The van der Waals surface area contributed by atoms with Crippen molar-refractivity contribution in [2.24, 2.45) is 5.92 Å². The van der Waals surface area contributed by atoms with Crippen LogP contribution in [-0.2, 0) is 0 Å². The van der Waals surface area contributed by atoms with Gasteiger partial charge in [0.05, 0.1) is 0 Å². The molecule has 7 heteroatoms. The van der Waals surface area contributed by atoms with E-state index in [4.69, 9.17) is 16.6 Å². The summed E-state index contributed by atoms with van der Waals surface area (Å²) in [5.41, 5.74) is 2.93. The topological polar surface area (TPSA) is 57.5 Å². The zero-order chi connectivity index (χ0) is 21.8. The molecular weight excluding hydrogens is 474 g/mol. The highest BCUT2D eigenvalue weighted by Gasteiger charge is 2.16. The predicted molar refractivity (Wildman–Crippen MR) is 133 cm³/mol. The van der Waals surface area contributed by atoms with Crippen LogP contribution in [0.3, 0.4) is 0 Å². The molecule has 160 valence electrons.